The van der Waals surface area contributed by atoms with Crippen molar-refractivity contribution in [3.05, 3.63) is 11.1 Å². The summed E-state index contributed by atoms with van der Waals surface area (Å²) in [6.07, 6.45) is 3.91. The molecular formula is C15H16O3. The lowest BCUT2D eigenvalue weighted by Crippen LogP contribution is -2.29. The van der Waals surface area contributed by atoms with Crippen molar-refractivity contribution in [2.24, 2.45) is 41.4 Å². The smallest absolute Gasteiger partial charge is 0.318 e. The summed E-state index contributed by atoms with van der Waals surface area (Å²) >= 11 is 0. The summed E-state index contributed by atoms with van der Waals surface area (Å²) in [6.45, 7) is 2.24. The van der Waals surface area contributed by atoms with Crippen molar-refractivity contribution < 1.29 is 14.3 Å². The van der Waals surface area contributed by atoms with Crippen LogP contribution in [0.15, 0.2) is 11.1 Å². The highest BCUT2D eigenvalue weighted by atomic mass is 16.6. The van der Waals surface area contributed by atoms with Crippen LogP contribution in [-0.4, -0.2) is 11.9 Å². The Morgan fingerprint density at radius 2 is 1.39 bits per heavy atom. The summed E-state index contributed by atoms with van der Waals surface area (Å²) in [6, 6.07) is 0. The minimum atomic E-state index is -0.237. The van der Waals surface area contributed by atoms with Gasteiger partial charge in [0.1, 0.15) is 0 Å². The van der Waals surface area contributed by atoms with E-state index < -0.39 is 0 Å². The minimum Gasteiger partial charge on any atom is -0.393 e. The lowest BCUT2D eigenvalue weighted by molar-refractivity contribution is -0.155. The number of hydrogen-bond donors (Lipinski definition) is 0. The number of ether oxygens (including phenoxy) is 1. The summed E-state index contributed by atoms with van der Waals surface area (Å²) in [7, 11) is 0. The molecular weight excluding hydrogens is 228 g/mol. The van der Waals surface area contributed by atoms with E-state index in [1.165, 1.54) is 19.3 Å². The Labute approximate surface area is 106 Å². The van der Waals surface area contributed by atoms with Gasteiger partial charge in [-0.3, -0.25) is 9.59 Å². The van der Waals surface area contributed by atoms with Crippen LogP contribution in [0.2, 0.25) is 0 Å². The Morgan fingerprint density at radius 1 is 0.889 bits per heavy atom. The van der Waals surface area contributed by atoms with Gasteiger partial charge in [-0.15, -0.1) is 0 Å². The Hall–Kier alpha value is -1.12. The molecule has 18 heavy (non-hydrogen) atoms. The number of hydrogen-bond acceptors (Lipinski definition) is 3. The van der Waals surface area contributed by atoms with Crippen molar-refractivity contribution in [3.8, 4) is 0 Å². The molecule has 0 aromatic heterocycles. The SMILES string of the molecule is CC1[C@H]2C3=C([C@H]4CC[C@H]3C4)[C@H]1[C@H]1C(=O)OC(=O)[C@H]12. The standard InChI is InChI=1S/C15H16O3/c1-5-8-10-6-2-3-7(4-6)11(10)9(5)13-12(8)14(16)18-15(13)17/h5-9,12-13H,2-4H2,1H3/t5?,6-,7-,8-,9-,12-,13+/m0/s1. The number of cyclic esters (lactones) is 2. The minimum absolute atomic E-state index is 0.129. The van der Waals surface area contributed by atoms with Gasteiger partial charge < -0.3 is 4.74 Å². The second-order valence-electron chi connectivity index (χ2n) is 6.82. The first-order chi connectivity index (χ1) is 8.68. The van der Waals surface area contributed by atoms with Crippen LogP contribution in [0.5, 0.6) is 0 Å². The van der Waals surface area contributed by atoms with Gasteiger partial charge in [0.05, 0.1) is 11.8 Å². The Morgan fingerprint density at radius 3 is 1.89 bits per heavy atom. The molecule has 5 aliphatic rings. The molecule has 1 aliphatic heterocycles. The Bertz CT molecular complexity index is 488. The molecule has 0 N–H and O–H groups in total. The van der Waals surface area contributed by atoms with E-state index in [0.29, 0.717) is 17.8 Å². The van der Waals surface area contributed by atoms with E-state index in [4.69, 9.17) is 4.74 Å². The molecule has 94 valence electrons. The lowest BCUT2D eigenvalue weighted by atomic mass is 9.72. The molecule has 3 heteroatoms. The van der Waals surface area contributed by atoms with Gasteiger partial charge in [0.15, 0.2) is 0 Å². The quantitative estimate of drug-likeness (QED) is 0.283. The van der Waals surface area contributed by atoms with Crippen LogP contribution in [0.1, 0.15) is 26.2 Å². The monoisotopic (exact) mass is 244 g/mol. The van der Waals surface area contributed by atoms with Crippen LogP contribution < -0.4 is 0 Å². The number of allylic oxidation sites excluding steroid dienone is 2. The van der Waals surface area contributed by atoms with Gasteiger partial charge in [-0.1, -0.05) is 18.1 Å². The summed E-state index contributed by atoms with van der Waals surface area (Å²) < 4.78 is 4.91. The third-order valence-corrected chi connectivity index (χ3v) is 6.40. The maximum absolute atomic E-state index is 11.9. The first-order valence-corrected chi connectivity index (χ1v) is 7.18. The molecule has 0 aromatic carbocycles. The normalized spacial score (nSPS) is 55.3. The molecule has 3 fully saturated rings. The third kappa shape index (κ3) is 0.799. The van der Waals surface area contributed by atoms with Crippen molar-refractivity contribution in [3.63, 3.8) is 0 Å². The first-order valence-electron chi connectivity index (χ1n) is 7.18. The van der Waals surface area contributed by atoms with Crippen LogP contribution in [0, 0.1) is 41.4 Å². The van der Waals surface area contributed by atoms with Gasteiger partial charge in [0, 0.05) is 0 Å². The van der Waals surface area contributed by atoms with E-state index >= 15 is 0 Å². The zero-order valence-corrected chi connectivity index (χ0v) is 10.4. The topological polar surface area (TPSA) is 43.4 Å². The van der Waals surface area contributed by atoms with Crippen LogP contribution in [0.3, 0.4) is 0 Å². The average Bonchev–Trinajstić information content (AvgIpc) is 3.07. The summed E-state index contributed by atoms with van der Waals surface area (Å²) in [4.78, 5) is 23.9. The van der Waals surface area contributed by atoms with E-state index in [1.54, 1.807) is 11.1 Å². The van der Waals surface area contributed by atoms with Gasteiger partial charge >= 0.3 is 11.9 Å². The molecule has 5 rings (SSSR count). The molecule has 7 atom stereocenters. The van der Waals surface area contributed by atoms with Gasteiger partial charge in [0.25, 0.3) is 0 Å². The summed E-state index contributed by atoms with van der Waals surface area (Å²) in [5.41, 5.74) is 3.19. The highest BCUT2D eigenvalue weighted by Gasteiger charge is 2.69. The first kappa shape index (κ1) is 9.76. The van der Waals surface area contributed by atoms with Gasteiger partial charge in [-0.2, -0.15) is 0 Å². The van der Waals surface area contributed by atoms with Crippen LogP contribution in [0.4, 0.5) is 0 Å². The Balaban J connectivity index is 1.71. The molecule has 4 aliphatic carbocycles. The van der Waals surface area contributed by atoms with Gasteiger partial charge in [-0.25, -0.2) is 0 Å². The highest BCUT2D eigenvalue weighted by Crippen LogP contribution is 2.70. The van der Waals surface area contributed by atoms with E-state index in [2.05, 4.69) is 6.92 Å². The molecule has 0 spiro atoms. The molecule has 3 nitrogen and oxygen atoms in total. The number of fused-ring (bicyclic) bond motifs is 11. The van der Waals surface area contributed by atoms with Crippen LogP contribution in [-0.2, 0) is 14.3 Å². The predicted molar refractivity (Wildman–Crippen MR) is 62.1 cm³/mol. The summed E-state index contributed by atoms with van der Waals surface area (Å²) in [5, 5.41) is 0. The Kier molecular flexibility index (Phi) is 1.48. The zero-order valence-electron chi connectivity index (χ0n) is 10.4. The van der Waals surface area contributed by atoms with Crippen molar-refractivity contribution in [1.82, 2.24) is 0 Å². The molecule has 1 unspecified atom stereocenters. The highest BCUT2D eigenvalue weighted by molar-refractivity contribution is 5.98. The van der Waals surface area contributed by atoms with Crippen LogP contribution in [0.25, 0.3) is 0 Å². The van der Waals surface area contributed by atoms with Gasteiger partial charge in [0.2, 0.25) is 0 Å². The fourth-order valence-corrected chi connectivity index (χ4v) is 6.05. The zero-order chi connectivity index (χ0) is 12.2. The molecule has 0 radical (unpaired) electrons. The van der Waals surface area contributed by atoms with E-state index in [0.717, 1.165) is 11.8 Å². The number of rotatable bonds is 0. The van der Waals surface area contributed by atoms with E-state index in [1.807, 2.05) is 0 Å². The van der Waals surface area contributed by atoms with Crippen LogP contribution >= 0.6 is 0 Å². The fraction of sp³-hybridized carbons (Fsp3) is 0.733. The average molecular weight is 244 g/mol. The van der Waals surface area contributed by atoms with E-state index in [9.17, 15) is 9.59 Å². The molecule has 1 heterocycles. The summed E-state index contributed by atoms with van der Waals surface area (Å²) in [5.74, 6) is 1.89. The molecule has 0 aromatic rings. The second kappa shape index (κ2) is 2.73. The molecule has 0 amide bonds. The number of carbonyl (C=O) groups is 2. The fourth-order valence-electron chi connectivity index (χ4n) is 6.05. The van der Waals surface area contributed by atoms with Crippen molar-refractivity contribution in [1.29, 1.82) is 0 Å². The van der Waals surface area contributed by atoms with Crippen molar-refractivity contribution >= 4 is 11.9 Å². The second-order valence-corrected chi connectivity index (χ2v) is 6.82. The number of esters is 2. The molecule has 1 saturated heterocycles. The largest absolute Gasteiger partial charge is 0.393 e. The maximum atomic E-state index is 11.9. The lowest BCUT2D eigenvalue weighted by Gasteiger charge is -2.28. The molecule has 4 bridgehead atoms. The maximum Gasteiger partial charge on any atom is 0.318 e. The third-order valence-electron chi connectivity index (χ3n) is 6.40. The van der Waals surface area contributed by atoms with Gasteiger partial charge in [-0.05, 0) is 48.9 Å². The number of carbonyl (C=O) groups excluding carboxylic acids is 2. The molecule has 2 saturated carbocycles. The predicted octanol–water partition coefficient (Wildman–Crippen LogP) is 1.92. The van der Waals surface area contributed by atoms with Crippen molar-refractivity contribution in [2.75, 3.05) is 0 Å². The van der Waals surface area contributed by atoms with Crippen molar-refractivity contribution in [2.45, 2.75) is 26.2 Å². The van der Waals surface area contributed by atoms with E-state index in [-0.39, 0.29) is 23.8 Å².